The van der Waals surface area contributed by atoms with Gasteiger partial charge in [-0.3, -0.25) is 24.5 Å². The molecule has 1 saturated heterocycles. The van der Waals surface area contributed by atoms with Crippen molar-refractivity contribution in [3.05, 3.63) is 65.3 Å². The molecule has 0 unspecified atom stereocenters. The molecule has 2 amide bonds. The number of likely N-dealkylation sites (tertiary alicyclic amines) is 1. The predicted molar refractivity (Wildman–Crippen MR) is 135 cm³/mol. The average Bonchev–Trinajstić information content (AvgIpc) is 3.76. The van der Waals surface area contributed by atoms with Gasteiger partial charge in [-0.25, -0.2) is 0 Å². The average molecular weight is 485 g/mol. The van der Waals surface area contributed by atoms with Gasteiger partial charge in [-0.05, 0) is 48.9 Å². The molecule has 3 aromatic rings. The molecule has 2 saturated carbocycles. The highest BCUT2D eigenvalue weighted by molar-refractivity contribution is 6.31. The van der Waals surface area contributed by atoms with Crippen LogP contribution >= 0.6 is 11.6 Å². The summed E-state index contributed by atoms with van der Waals surface area (Å²) >= 11 is 6.06. The van der Waals surface area contributed by atoms with Crippen molar-refractivity contribution in [1.82, 2.24) is 14.8 Å². The number of fused-ring (bicyclic) bond motifs is 1. The van der Waals surface area contributed by atoms with Crippen molar-refractivity contribution < 1.29 is 9.59 Å². The fourth-order valence-corrected chi connectivity index (χ4v) is 5.46. The van der Waals surface area contributed by atoms with Gasteiger partial charge in [0.15, 0.2) is 0 Å². The lowest BCUT2D eigenvalue weighted by Gasteiger charge is -2.41. The Hall–Kier alpha value is -3.25. The van der Waals surface area contributed by atoms with E-state index in [0.29, 0.717) is 23.4 Å². The summed E-state index contributed by atoms with van der Waals surface area (Å²) in [4.78, 5) is 38.7. The zero-order chi connectivity index (χ0) is 23.7. The van der Waals surface area contributed by atoms with E-state index in [1.54, 1.807) is 6.20 Å². The maximum Gasteiger partial charge on any atom is 0.256 e. The first kappa shape index (κ1) is 21.1. The number of benzene rings is 2. The number of carbonyl (C=O) groups is 2. The number of hydrogen-bond donors (Lipinski definition) is 0. The normalized spacial score (nSPS) is 20.9. The number of aliphatic imine (C=N–C) groups is 1. The Balaban J connectivity index is 1.11. The van der Waals surface area contributed by atoms with E-state index in [0.717, 1.165) is 72.2 Å². The summed E-state index contributed by atoms with van der Waals surface area (Å²) < 4.78 is 0. The van der Waals surface area contributed by atoms with E-state index in [-0.39, 0.29) is 11.8 Å². The molecule has 1 aromatic heterocycles. The minimum Gasteiger partial charge on any atom is -0.342 e. The Morgan fingerprint density at radius 2 is 1.71 bits per heavy atom. The second-order valence-corrected chi connectivity index (χ2v) is 10.8. The third kappa shape index (κ3) is 3.62. The molecule has 4 aliphatic rings. The van der Waals surface area contributed by atoms with E-state index in [9.17, 15) is 9.59 Å². The van der Waals surface area contributed by atoms with Crippen LogP contribution in [0.4, 0.5) is 0 Å². The third-order valence-electron chi connectivity index (χ3n) is 7.71. The molecule has 0 atom stereocenters. The number of hydrogen-bond acceptors (Lipinski definition) is 4. The van der Waals surface area contributed by atoms with Crippen LogP contribution in [0, 0.1) is 11.8 Å². The van der Waals surface area contributed by atoms with Crippen LogP contribution in [-0.4, -0.2) is 57.6 Å². The van der Waals surface area contributed by atoms with E-state index in [4.69, 9.17) is 16.6 Å². The van der Waals surface area contributed by atoms with E-state index in [1.807, 2.05) is 21.9 Å². The van der Waals surface area contributed by atoms with Gasteiger partial charge in [0.2, 0.25) is 5.91 Å². The number of rotatable bonds is 5. The van der Waals surface area contributed by atoms with Gasteiger partial charge in [0.05, 0.1) is 10.5 Å². The predicted octanol–water partition coefficient (Wildman–Crippen LogP) is 4.55. The summed E-state index contributed by atoms with van der Waals surface area (Å²) in [5.41, 5.74) is 3.49. The van der Waals surface area contributed by atoms with Gasteiger partial charge >= 0.3 is 0 Å². The standard InChI is InChI=1S/C28H25ClN4O2/c29-23-11-22-8-7-21(12-24(22)30-13-23)18-1-3-19(4-2-18)25-31-28(9-10-28)27(35)33(25)16-17-14-32(15-17)26(34)20-5-6-20/h1-4,7-8,11-13,17,20H,5-6,9-10,14-16H2. The monoisotopic (exact) mass is 484 g/mol. The maximum atomic E-state index is 13.2. The Kier molecular flexibility index (Phi) is 4.59. The number of nitrogens with zero attached hydrogens (tertiary/aromatic N) is 4. The lowest BCUT2D eigenvalue weighted by atomic mass is 9.97. The van der Waals surface area contributed by atoms with Gasteiger partial charge in [0.1, 0.15) is 11.4 Å². The zero-order valence-electron chi connectivity index (χ0n) is 19.3. The van der Waals surface area contributed by atoms with Gasteiger partial charge < -0.3 is 4.90 Å². The molecular formula is C28H25ClN4O2. The molecule has 7 heteroatoms. The van der Waals surface area contributed by atoms with Gasteiger partial charge in [-0.1, -0.05) is 48.0 Å². The molecule has 0 bridgehead atoms. The molecule has 6 nitrogen and oxygen atoms in total. The van der Waals surface area contributed by atoms with Crippen LogP contribution in [0.3, 0.4) is 0 Å². The zero-order valence-corrected chi connectivity index (χ0v) is 20.0. The number of halogens is 1. The van der Waals surface area contributed by atoms with Crippen LogP contribution < -0.4 is 0 Å². The van der Waals surface area contributed by atoms with Gasteiger partial charge in [0.25, 0.3) is 5.91 Å². The Morgan fingerprint density at radius 1 is 1.00 bits per heavy atom. The SMILES string of the molecule is O=C(C1CC1)N1CC(CN2C(=O)C3(CC3)N=C2c2ccc(-c3ccc4cc(Cl)cnc4c3)cc2)C1. The van der Waals surface area contributed by atoms with Crippen molar-refractivity contribution in [1.29, 1.82) is 0 Å². The number of carbonyl (C=O) groups excluding carboxylic acids is 2. The van der Waals surface area contributed by atoms with Crippen molar-refractivity contribution in [2.75, 3.05) is 19.6 Å². The molecule has 0 N–H and O–H groups in total. The lowest BCUT2D eigenvalue weighted by molar-refractivity contribution is -0.139. The molecule has 176 valence electrons. The molecule has 3 heterocycles. The molecule has 35 heavy (non-hydrogen) atoms. The Morgan fingerprint density at radius 3 is 2.43 bits per heavy atom. The highest BCUT2D eigenvalue weighted by Crippen LogP contribution is 2.46. The topological polar surface area (TPSA) is 65.9 Å². The van der Waals surface area contributed by atoms with Crippen LogP contribution in [0.1, 0.15) is 31.2 Å². The molecule has 2 aliphatic carbocycles. The second kappa shape index (κ2) is 7.62. The second-order valence-electron chi connectivity index (χ2n) is 10.4. The van der Waals surface area contributed by atoms with Gasteiger partial charge in [-0.2, -0.15) is 0 Å². The summed E-state index contributed by atoms with van der Waals surface area (Å²) in [6, 6.07) is 16.3. The van der Waals surface area contributed by atoms with Gasteiger partial charge in [-0.15, -0.1) is 0 Å². The Bertz CT molecular complexity index is 1400. The van der Waals surface area contributed by atoms with Crippen LogP contribution in [0.15, 0.2) is 59.7 Å². The molecular weight excluding hydrogens is 460 g/mol. The molecule has 2 aromatic carbocycles. The highest BCUT2D eigenvalue weighted by atomic mass is 35.5. The largest absolute Gasteiger partial charge is 0.342 e. The first-order valence-electron chi connectivity index (χ1n) is 12.4. The van der Waals surface area contributed by atoms with Crippen molar-refractivity contribution in [2.45, 2.75) is 31.2 Å². The summed E-state index contributed by atoms with van der Waals surface area (Å²) in [6.07, 6.45) is 5.38. The first-order valence-corrected chi connectivity index (χ1v) is 12.7. The van der Waals surface area contributed by atoms with E-state index >= 15 is 0 Å². The number of pyridine rings is 1. The van der Waals surface area contributed by atoms with Crippen LogP contribution in [0.2, 0.25) is 5.02 Å². The third-order valence-corrected chi connectivity index (χ3v) is 7.91. The van der Waals surface area contributed by atoms with Crippen molar-refractivity contribution in [3.8, 4) is 11.1 Å². The molecule has 2 aliphatic heterocycles. The smallest absolute Gasteiger partial charge is 0.256 e. The molecule has 7 rings (SSSR count). The van der Waals surface area contributed by atoms with E-state index in [1.165, 1.54) is 0 Å². The van der Waals surface area contributed by atoms with Gasteiger partial charge in [0, 0.05) is 48.6 Å². The maximum absolute atomic E-state index is 13.2. The number of amidine groups is 1. The van der Waals surface area contributed by atoms with Crippen molar-refractivity contribution in [2.24, 2.45) is 16.8 Å². The summed E-state index contributed by atoms with van der Waals surface area (Å²) in [6.45, 7) is 2.13. The van der Waals surface area contributed by atoms with E-state index in [2.05, 4.69) is 41.4 Å². The summed E-state index contributed by atoms with van der Waals surface area (Å²) in [5, 5.41) is 1.64. The van der Waals surface area contributed by atoms with Crippen LogP contribution in [-0.2, 0) is 9.59 Å². The Labute approximate surface area is 208 Å². The first-order chi connectivity index (χ1) is 17.0. The lowest BCUT2D eigenvalue weighted by Crippen LogP contribution is -2.55. The minimum absolute atomic E-state index is 0.128. The quantitative estimate of drug-likeness (QED) is 0.533. The number of aromatic nitrogens is 1. The minimum atomic E-state index is -0.535. The van der Waals surface area contributed by atoms with Crippen LogP contribution in [0.25, 0.3) is 22.0 Å². The molecule has 3 fully saturated rings. The van der Waals surface area contributed by atoms with Crippen molar-refractivity contribution >= 4 is 40.2 Å². The van der Waals surface area contributed by atoms with Crippen LogP contribution in [0.5, 0.6) is 0 Å². The summed E-state index contributed by atoms with van der Waals surface area (Å²) in [5.74, 6) is 1.78. The fraction of sp³-hybridized carbons (Fsp3) is 0.357. The molecule has 0 radical (unpaired) electrons. The van der Waals surface area contributed by atoms with E-state index < -0.39 is 5.54 Å². The molecule has 1 spiro atoms. The van der Waals surface area contributed by atoms with Crippen molar-refractivity contribution in [3.63, 3.8) is 0 Å². The highest BCUT2D eigenvalue weighted by Gasteiger charge is 2.57. The fourth-order valence-electron chi connectivity index (χ4n) is 5.29. The number of amides is 2. The summed E-state index contributed by atoms with van der Waals surface area (Å²) in [7, 11) is 0.